The molecule has 1 aromatic rings. The first-order chi connectivity index (χ1) is 13.4. The van der Waals surface area contributed by atoms with Crippen molar-refractivity contribution in [1.82, 2.24) is 10.6 Å². The van der Waals surface area contributed by atoms with E-state index in [9.17, 15) is 14.7 Å². The Morgan fingerprint density at radius 1 is 1.29 bits per heavy atom. The predicted molar refractivity (Wildman–Crippen MR) is 104 cm³/mol. The maximum absolute atomic E-state index is 12.9. The molecule has 28 heavy (non-hydrogen) atoms. The minimum Gasteiger partial charge on any atom is -0.503 e. The zero-order chi connectivity index (χ0) is 20.3. The molecule has 1 saturated carbocycles. The van der Waals surface area contributed by atoms with Crippen molar-refractivity contribution in [3.05, 3.63) is 34.0 Å². The van der Waals surface area contributed by atoms with Gasteiger partial charge < -0.3 is 25.2 Å². The van der Waals surface area contributed by atoms with Crippen LogP contribution in [0.1, 0.15) is 50.6 Å². The number of aromatic hydroxyl groups is 1. The molecule has 0 radical (unpaired) electrons. The van der Waals surface area contributed by atoms with Crippen LogP contribution in [0.4, 0.5) is 4.79 Å². The maximum atomic E-state index is 12.9. The average molecular weight is 409 g/mol. The molecule has 152 valence electrons. The number of rotatable bonds is 5. The Morgan fingerprint density at radius 2 is 2.00 bits per heavy atom. The summed E-state index contributed by atoms with van der Waals surface area (Å²) in [4.78, 5) is 24.9. The zero-order valence-electron chi connectivity index (χ0n) is 16.0. The number of phenols is 1. The molecule has 0 aromatic heterocycles. The molecule has 3 N–H and O–H groups in total. The number of ether oxygens (including phenoxy) is 2. The fraction of sp³-hybridized carbons (Fsp3) is 0.500. The minimum absolute atomic E-state index is 0.0645. The van der Waals surface area contributed by atoms with Gasteiger partial charge in [-0.1, -0.05) is 30.9 Å². The van der Waals surface area contributed by atoms with Crippen LogP contribution in [0.25, 0.3) is 0 Å². The molecule has 8 heteroatoms. The van der Waals surface area contributed by atoms with Crippen molar-refractivity contribution < 1.29 is 24.2 Å². The van der Waals surface area contributed by atoms with E-state index < -0.39 is 18.0 Å². The monoisotopic (exact) mass is 408 g/mol. The van der Waals surface area contributed by atoms with Gasteiger partial charge in [-0.25, -0.2) is 9.59 Å². The SMILES string of the molecule is COc1cc([C@H]2NC(=O)NC(C)=C2C(=O)OCC2CCCCC2)cc(Cl)c1O. The summed E-state index contributed by atoms with van der Waals surface area (Å²) < 4.78 is 10.7. The van der Waals surface area contributed by atoms with E-state index in [0.29, 0.717) is 29.4 Å². The summed E-state index contributed by atoms with van der Waals surface area (Å²) >= 11 is 6.09. The number of methoxy groups -OCH3 is 1. The van der Waals surface area contributed by atoms with Gasteiger partial charge in [0.15, 0.2) is 11.5 Å². The topological polar surface area (TPSA) is 96.9 Å². The molecule has 7 nitrogen and oxygen atoms in total. The molecule has 2 aliphatic rings. The first-order valence-corrected chi connectivity index (χ1v) is 9.80. The summed E-state index contributed by atoms with van der Waals surface area (Å²) in [6.07, 6.45) is 5.69. The maximum Gasteiger partial charge on any atom is 0.338 e. The molecule has 2 amide bonds. The van der Waals surface area contributed by atoms with Gasteiger partial charge in [-0.05, 0) is 43.4 Å². The molecule has 1 fully saturated rings. The summed E-state index contributed by atoms with van der Waals surface area (Å²) in [5, 5.41) is 15.4. The Hall–Kier alpha value is -2.41. The van der Waals surface area contributed by atoms with Gasteiger partial charge >= 0.3 is 12.0 Å². The van der Waals surface area contributed by atoms with Crippen molar-refractivity contribution in [1.29, 1.82) is 0 Å². The second kappa shape index (κ2) is 8.73. The number of allylic oxidation sites excluding steroid dienone is 1. The van der Waals surface area contributed by atoms with Crippen LogP contribution in [0.2, 0.25) is 5.02 Å². The van der Waals surface area contributed by atoms with E-state index in [4.69, 9.17) is 21.1 Å². The second-order valence-corrected chi connectivity index (χ2v) is 7.63. The van der Waals surface area contributed by atoms with Crippen LogP contribution in [0.15, 0.2) is 23.4 Å². The number of halogens is 1. The Kier molecular flexibility index (Phi) is 6.34. The summed E-state index contributed by atoms with van der Waals surface area (Å²) in [6.45, 7) is 2.03. The van der Waals surface area contributed by atoms with Gasteiger partial charge in [0.05, 0.1) is 30.4 Å². The summed E-state index contributed by atoms with van der Waals surface area (Å²) in [5.74, 6) is -0.145. The normalized spacial score (nSPS) is 20.4. The van der Waals surface area contributed by atoms with E-state index >= 15 is 0 Å². The van der Waals surface area contributed by atoms with Crippen LogP contribution in [0.5, 0.6) is 11.5 Å². The predicted octanol–water partition coefficient (Wildman–Crippen LogP) is 3.81. The Morgan fingerprint density at radius 3 is 2.68 bits per heavy atom. The third-order valence-corrected chi connectivity index (χ3v) is 5.56. The van der Waals surface area contributed by atoms with E-state index in [1.807, 2.05) is 0 Å². The molecular weight excluding hydrogens is 384 g/mol. The quantitative estimate of drug-likeness (QED) is 0.644. The Balaban J connectivity index is 1.86. The third kappa shape index (κ3) is 4.35. The highest BCUT2D eigenvalue weighted by Gasteiger charge is 2.33. The van der Waals surface area contributed by atoms with Gasteiger partial charge in [0.25, 0.3) is 0 Å². The summed E-state index contributed by atoms with van der Waals surface area (Å²) in [7, 11) is 1.40. The first-order valence-electron chi connectivity index (χ1n) is 9.42. The standard InChI is InChI=1S/C20H25ClN2O5/c1-11-16(19(25)28-10-12-6-4-3-5-7-12)17(23-20(26)22-11)13-8-14(21)18(24)15(9-13)27-2/h8-9,12,17,24H,3-7,10H2,1-2H3,(H2,22,23,26)/t17-/m1/s1. The van der Waals surface area contributed by atoms with Crippen molar-refractivity contribution in [2.24, 2.45) is 5.92 Å². The fourth-order valence-corrected chi connectivity index (χ4v) is 3.97. The van der Waals surface area contributed by atoms with E-state index in [0.717, 1.165) is 25.7 Å². The molecule has 3 rings (SSSR count). The number of nitrogens with one attached hydrogen (secondary N) is 2. The molecule has 0 unspecified atom stereocenters. The van der Waals surface area contributed by atoms with Gasteiger partial charge in [-0.15, -0.1) is 0 Å². The van der Waals surface area contributed by atoms with Gasteiger partial charge in [0.2, 0.25) is 0 Å². The van der Waals surface area contributed by atoms with Crippen LogP contribution >= 0.6 is 11.6 Å². The lowest BCUT2D eigenvalue weighted by Crippen LogP contribution is -2.45. The lowest BCUT2D eigenvalue weighted by Gasteiger charge is -2.29. The first kappa shape index (κ1) is 20.3. The van der Waals surface area contributed by atoms with Crippen LogP contribution in [-0.4, -0.2) is 30.8 Å². The van der Waals surface area contributed by atoms with Crippen molar-refractivity contribution >= 4 is 23.6 Å². The highest BCUT2D eigenvalue weighted by Crippen LogP contribution is 2.39. The van der Waals surface area contributed by atoms with Gasteiger partial charge in [0, 0.05) is 5.70 Å². The largest absolute Gasteiger partial charge is 0.503 e. The molecular formula is C20H25ClN2O5. The highest BCUT2D eigenvalue weighted by molar-refractivity contribution is 6.32. The number of benzene rings is 1. The van der Waals surface area contributed by atoms with E-state index in [2.05, 4.69) is 10.6 Å². The van der Waals surface area contributed by atoms with Crippen LogP contribution in [0.3, 0.4) is 0 Å². The molecule has 0 spiro atoms. The molecule has 1 heterocycles. The molecule has 1 aliphatic heterocycles. The minimum atomic E-state index is -0.764. The van der Waals surface area contributed by atoms with Crippen molar-refractivity contribution in [3.8, 4) is 11.5 Å². The van der Waals surface area contributed by atoms with Gasteiger partial charge in [0.1, 0.15) is 0 Å². The third-order valence-electron chi connectivity index (χ3n) is 5.27. The number of carbonyl (C=O) groups is 2. The second-order valence-electron chi connectivity index (χ2n) is 7.23. The van der Waals surface area contributed by atoms with Crippen LogP contribution in [0, 0.1) is 5.92 Å². The summed E-state index contributed by atoms with van der Waals surface area (Å²) in [5.41, 5.74) is 1.24. The average Bonchev–Trinajstić information content (AvgIpc) is 2.68. The number of hydrogen-bond acceptors (Lipinski definition) is 5. The Bertz CT molecular complexity index is 802. The Labute approximate surface area is 169 Å². The van der Waals surface area contributed by atoms with Crippen molar-refractivity contribution in [3.63, 3.8) is 0 Å². The number of urea groups is 1. The molecule has 1 aliphatic carbocycles. The number of hydrogen-bond donors (Lipinski definition) is 3. The lowest BCUT2D eigenvalue weighted by molar-refractivity contribution is -0.141. The number of amides is 2. The fourth-order valence-electron chi connectivity index (χ4n) is 3.76. The van der Waals surface area contributed by atoms with E-state index in [1.54, 1.807) is 13.0 Å². The number of carbonyl (C=O) groups excluding carboxylic acids is 2. The number of phenolic OH excluding ortho intramolecular Hbond substituents is 1. The molecule has 0 bridgehead atoms. The highest BCUT2D eigenvalue weighted by atomic mass is 35.5. The van der Waals surface area contributed by atoms with Gasteiger partial charge in [-0.3, -0.25) is 0 Å². The summed E-state index contributed by atoms with van der Waals surface area (Å²) in [6, 6.07) is 1.84. The zero-order valence-corrected chi connectivity index (χ0v) is 16.8. The van der Waals surface area contributed by atoms with Crippen LogP contribution < -0.4 is 15.4 Å². The van der Waals surface area contributed by atoms with E-state index in [1.165, 1.54) is 19.6 Å². The number of esters is 1. The smallest absolute Gasteiger partial charge is 0.338 e. The van der Waals surface area contributed by atoms with Gasteiger partial charge in [-0.2, -0.15) is 0 Å². The molecule has 1 atom stereocenters. The van der Waals surface area contributed by atoms with E-state index in [-0.39, 0.29) is 16.5 Å². The molecule has 0 saturated heterocycles. The van der Waals surface area contributed by atoms with Crippen molar-refractivity contribution in [2.45, 2.75) is 45.1 Å². The lowest BCUT2D eigenvalue weighted by atomic mass is 9.90. The van der Waals surface area contributed by atoms with Crippen molar-refractivity contribution in [2.75, 3.05) is 13.7 Å². The van der Waals surface area contributed by atoms with Crippen LogP contribution in [-0.2, 0) is 9.53 Å². The molecule has 1 aromatic carbocycles.